The summed E-state index contributed by atoms with van der Waals surface area (Å²) in [6.45, 7) is 22.8. The van der Waals surface area contributed by atoms with E-state index >= 15 is 4.32 Å². The monoisotopic (exact) mass is 851 g/mol. The van der Waals surface area contributed by atoms with Gasteiger partial charge in [0.05, 0.1) is 5.71 Å². The summed E-state index contributed by atoms with van der Waals surface area (Å²) in [5, 5.41) is 0. The molecule has 6 rings (SSSR count). The van der Waals surface area contributed by atoms with Crippen LogP contribution in [-0.4, -0.2) is 42.1 Å². The van der Waals surface area contributed by atoms with Gasteiger partial charge in [-0.05, 0) is 72.7 Å². The molecule has 0 bridgehead atoms. The van der Waals surface area contributed by atoms with Crippen molar-refractivity contribution in [1.82, 2.24) is 4.48 Å². The molecule has 0 aliphatic carbocycles. The van der Waals surface area contributed by atoms with Gasteiger partial charge in [-0.15, -0.1) is 0 Å². The first-order valence-electron chi connectivity index (χ1n) is 20.8. The SMILES string of the molecule is CC(C)(C)c1ccc(C2=CC(c3ccc(C(C)(C)C)cc3)=NC2=Nc2c(-c3ccc(C(C)(C)C)cc3)cc(-c3ccc(C(C)(C)C)cc3)n2B(F)OCC(F)(F)C(F)(F)F)cc1. The van der Waals surface area contributed by atoms with Gasteiger partial charge >= 0.3 is 19.4 Å². The van der Waals surface area contributed by atoms with E-state index in [-0.39, 0.29) is 39.0 Å². The molecule has 0 saturated heterocycles. The standard InChI is InChI=1S/C51H56BF6N3O/c1-46(2,3)36-21-13-32(14-22-36)40-29-42(34-17-25-38(26-18-34)48(7,8)9)59-44(40)60-45-41(33-15-23-37(24-16-33)47(4,5)6)30-43(35-19-27-39(28-20-35)49(10,11)12)61(45)52(58)62-31-50(53,54)51(55,56)57/h13-30H,31H2,1-12H3. The number of nitrogens with zero attached hydrogens (tertiary/aromatic N) is 3. The highest BCUT2D eigenvalue weighted by Gasteiger charge is 2.58. The molecule has 0 saturated carbocycles. The first-order chi connectivity index (χ1) is 28.5. The summed E-state index contributed by atoms with van der Waals surface area (Å²) in [4.78, 5) is 10.1. The quantitative estimate of drug-likeness (QED) is 0.108. The van der Waals surface area contributed by atoms with Crippen molar-refractivity contribution < 1.29 is 30.9 Å². The Balaban J connectivity index is 1.64. The number of amidine groups is 1. The number of rotatable bonds is 9. The van der Waals surface area contributed by atoms with Crippen LogP contribution in [0.15, 0.2) is 119 Å². The van der Waals surface area contributed by atoms with E-state index in [4.69, 9.17) is 14.6 Å². The minimum Gasteiger partial charge on any atom is -0.382 e. The van der Waals surface area contributed by atoms with Crippen LogP contribution in [0.2, 0.25) is 0 Å². The zero-order chi connectivity index (χ0) is 45.8. The smallest absolute Gasteiger partial charge is 0.382 e. The molecular weight excluding hydrogens is 795 g/mol. The molecule has 0 radical (unpaired) electrons. The zero-order valence-corrected chi connectivity index (χ0v) is 37.7. The third-order valence-electron chi connectivity index (χ3n) is 11.2. The molecule has 1 aromatic heterocycles. The second-order valence-electron chi connectivity index (χ2n) is 20.2. The van der Waals surface area contributed by atoms with Crippen LogP contribution >= 0.6 is 0 Å². The fourth-order valence-electron chi connectivity index (χ4n) is 7.13. The predicted molar refractivity (Wildman–Crippen MR) is 244 cm³/mol. The van der Waals surface area contributed by atoms with Crippen LogP contribution in [0.5, 0.6) is 0 Å². The summed E-state index contributed by atoms with van der Waals surface area (Å²) >= 11 is 0. The summed E-state index contributed by atoms with van der Waals surface area (Å²) in [7, 11) is -2.82. The Morgan fingerprint density at radius 1 is 0.548 bits per heavy atom. The number of allylic oxidation sites excluding steroid dienone is 1. The van der Waals surface area contributed by atoms with E-state index in [2.05, 4.69) is 62.3 Å². The Labute approximate surface area is 363 Å². The van der Waals surface area contributed by atoms with Gasteiger partial charge in [0.25, 0.3) is 0 Å². The molecule has 1 aliphatic heterocycles. The number of alkyl halides is 5. The van der Waals surface area contributed by atoms with Crippen molar-refractivity contribution in [1.29, 1.82) is 0 Å². The Hall–Kier alpha value is -5.16. The number of hydrogen-bond acceptors (Lipinski definition) is 2. The Morgan fingerprint density at radius 3 is 1.34 bits per heavy atom. The van der Waals surface area contributed by atoms with Crippen LogP contribution in [0.3, 0.4) is 0 Å². The molecule has 4 nitrogen and oxygen atoms in total. The van der Waals surface area contributed by atoms with Crippen molar-refractivity contribution in [3.63, 3.8) is 0 Å². The van der Waals surface area contributed by atoms with E-state index in [1.807, 2.05) is 112 Å². The van der Waals surface area contributed by atoms with E-state index in [1.165, 1.54) is 0 Å². The van der Waals surface area contributed by atoms with Gasteiger partial charge in [-0.25, -0.2) is 9.98 Å². The van der Waals surface area contributed by atoms with E-state index in [0.717, 1.165) is 37.9 Å². The second-order valence-corrected chi connectivity index (χ2v) is 20.2. The van der Waals surface area contributed by atoms with Crippen molar-refractivity contribution in [3.8, 4) is 22.4 Å². The van der Waals surface area contributed by atoms with Crippen molar-refractivity contribution in [3.05, 3.63) is 143 Å². The molecule has 0 fully saturated rings. The number of benzene rings is 4. The maximum atomic E-state index is 16.9. The predicted octanol–water partition coefficient (Wildman–Crippen LogP) is 14.6. The summed E-state index contributed by atoms with van der Waals surface area (Å²) < 4.78 is 91.7. The van der Waals surface area contributed by atoms with Crippen LogP contribution in [0.1, 0.15) is 116 Å². The average Bonchev–Trinajstić information content (AvgIpc) is 3.78. The molecule has 2 heterocycles. The van der Waals surface area contributed by atoms with Gasteiger partial charge in [0, 0.05) is 22.4 Å². The van der Waals surface area contributed by atoms with E-state index in [0.29, 0.717) is 28.0 Å². The van der Waals surface area contributed by atoms with Crippen molar-refractivity contribution in [2.45, 2.75) is 117 Å². The van der Waals surface area contributed by atoms with Crippen molar-refractivity contribution in [2.24, 2.45) is 9.98 Å². The van der Waals surface area contributed by atoms with Crippen LogP contribution < -0.4 is 0 Å². The summed E-state index contributed by atoms with van der Waals surface area (Å²) in [5.41, 5.74) is 7.98. The van der Waals surface area contributed by atoms with Crippen LogP contribution in [0, 0.1) is 0 Å². The lowest BCUT2D eigenvalue weighted by molar-refractivity contribution is -0.290. The number of hydrogen-bond donors (Lipinski definition) is 0. The first kappa shape index (κ1) is 46.4. The van der Waals surface area contributed by atoms with Gasteiger partial charge < -0.3 is 9.13 Å². The third kappa shape index (κ3) is 10.0. The van der Waals surface area contributed by atoms with E-state index in [1.54, 1.807) is 18.2 Å². The van der Waals surface area contributed by atoms with Gasteiger partial charge in [0.2, 0.25) is 0 Å². The summed E-state index contributed by atoms with van der Waals surface area (Å²) in [5.74, 6) is -5.21. The highest BCUT2D eigenvalue weighted by molar-refractivity contribution is 6.44. The number of aromatic nitrogens is 1. The minimum atomic E-state index is -5.96. The van der Waals surface area contributed by atoms with Crippen molar-refractivity contribution >= 4 is 30.3 Å². The second kappa shape index (κ2) is 16.5. The third-order valence-corrected chi connectivity index (χ3v) is 11.2. The minimum absolute atomic E-state index is 0.0773. The van der Waals surface area contributed by atoms with Gasteiger partial charge in [0.15, 0.2) is 5.84 Å². The molecule has 0 unspecified atom stereocenters. The topological polar surface area (TPSA) is 38.9 Å². The molecular formula is C51H56BF6N3O. The molecule has 0 atom stereocenters. The lowest BCUT2D eigenvalue weighted by Gasteiger charge is -2.22. The van der Waals surface area contributed by atoms with Crippen molar-refractivity contribution in [2.75, 3.05) is 6.61 Å². The largest absolute Gasteiger partial charge is 0.639 e. The van der Waals surface area contributed by atoms with Gasteiger partial charge in [-0.2, -0.15) is 22.0 Å². The number of halogens is 6. The molecule has 0 N–H and O–H groups in total. The molecule has 4 aromatic carbocycles. The summed E-state index contributed by atoms with van der Waals surface area (Å²) in [6, 6.07) is 32.6. The molecule has 62 heavy (non-hydrogen) atoms. The summed E-state index contributed by atoms with van der Waals surface area (Å²) in [6.07, 6.45) is -4.05. The fourth-order valence-corrected chi connectivity index (χ4v) is 7.13. The van der Waals surface area contributed by atoms with E-state index < -0.39 is 26.0 Å². The highest BCUT2D eigenvalue weighted by atomic mass is 19.4. The number of aliphatic imine (C=N–C) groups is 2. The molecule has 1 aliphatic rings. The highest BCUT2D eigenvalue weighted by Crippen LogP contribution is 2.43. The van der Waals surface area contributed by atoms with Crippen LogP contribution in [0.4, 0.5) is 32.1 Å². The Kier molecular flexibility index (Phi) is 12.3. The average molecular weight is 852 g/mol. The van der Waals surface area contributed by atoms with E-state index in [9.17, 15) is 22.0 Å². The lowest BCUT2D eigenvalue weighted by atomic mass is 9.86. The van der Waals surface area contributed by atoms with Gasteiger partial charge in [-0.1, -0.05) is 180 Å². The molecule has 0 spiro atoms. The normalized spacial score (nSPS) is 15.0. The van der Waals surface area contributed by atoms with Crippen LogP contribution in [-0.2, 0) is 26.3 Å². The molecule has 326 valence electrons. The molecule has 5 aromatic rings. The Bertz CT molecular complexity index is 2480. The van der Waals surface area contributed by atoms with Crippen LogP contribution in [0.25, 0.3) is 28.0 Å². The van der Waals surface area contributed by atoms with Gasteiger partial charge in [-0.3, -0.25) is 4.32 Å². The first-order valence-corrected chi connectivity index (χ1v) is 20.8. The lowest BCUT2D eigenvalue weighted by Crippen LogP contribution is -2.43. The Morgan fingerprint density at radius 2 is 0.935 bits per heavy atom. The molecule has 11 heteroatoms. The molecule has 0 amide bonds. The zero-order valence-electron chi connectivity index (χ0n) is 37.7. The maximum absolute atomic E-state index is 16.9. The maximum Gasteiger partial charge on any atom is 0.639 e. The fraction of sp³-hybridized carbons (Fsp3) is 0.373. The van der Waals surface area contributed by atoms with Gasteiger partial charge in [0.1, 0.15) is 12.4 Å².